The second-order valence-corrected chi connectivity index (χ2v) is 7.89. The zero-order valence-electron chi connectivity index (χ0n) is 14.8. The van der Waals surface area contributed by atoms with E-state index in [2.05, 4.69) is 5.32 Å². The largest absolute Gasteiger partial charge is 0.384 e. The molecule has 7 nitrogen and oxygen atoms in total. The number of carbonyl (C=O) groups excluding carboxylic acids is 2. The number of ether oxygens (including phenoxy) is 1. The van der Waals surface area contributed by atoms with Crippen LogP contribution in [0.2, 0.25) is 0 Å². The molecule has 2 aromatic rings. The zero-order valence-corrected chi connectivity index (χ0v) is 15.6. The van der Waals surface area contributed by atoms with Gasteiger partial charge in [0.1, 0.15) is 5.82 Å². The molecule has 0 aromatic heterocycles. The first-order valence-corrected chi connectivity index (χ1v) is 9.54. The average Bonchev–Trinajstić information content (AvgIpc) is 2.63. The van der Waals surface area contributed by atoms with E-state index in [0.29, 0.717) is 0 Å². The van der Waals surface area contributed by atoms with E-state index in [4.69, 9.17) is 10.5 Å². The summed E-state index contributed by atoms with van der Waals surface area (Å²) in [6.45, 7) is 1.51. The molecule has 0 aliphatic heterocycles. The van der Waals surface area contributed by atoms with Crippen LogP contribution in [0.3, 0.4) is 0 Å². The lowest BCUT2D eigenvalue weighted by Crippen LogP contribution is -2.16. The quantitative estimate of drug-likeness (QED) is 0.744. The lowest BCUT2D eigenvalue weighted by atomic mass is 10.1. The summed E-state index contributed by atoms with van der Waals surface area (Å²) in [7, 11) is -2.11. The van der Waals surface area contributed by atoms with Crippen molar-refractivity contribution in [3.8, 4) is 0 Å². The number of hydrogen-bond acceptors (Lipinski definition) is 5. The Morgan fingerprint density at radius 1 is 1.15 bits per heavy atom. The van der Waals surface area contributed by atoms with Gasteiger partial charge >= 0.3 is 0 Å². The number of halogens is 1. The summed E-state index contributed by atoms with van der Waals surface area (Å²) in [6.07, 6.45) is 0. The van der Waals surface area contributed by atoms with Crippen molar-refractivity contribution in [2.24, 2.45) is 5.73 Å². The molecule has 0 fully saturated rings. The van der Waals surface area contributed by atoms with Crippen LogP contribution in [0.15, 0.2) is 41.3 Å². The summed E-state index contributed by atoms with van der Waals surface area (Å²) < 4.78 is 42.8. The third-order valence-corrected chi connectivity index (χ3v) is 5.60. The van der Waals surface area contributed by atoms with Crippen LogP contribution in [0, 0.1) is 12.7 Å². The summed E-state index contributed by atoms with van der Waals surface area (Å²) >= 11 is 0. The highest BCUT2D eigenvalue weighted by Gasteiger charge is 2.17. The molecule has 2 amide bonds. The van der Waals surface area contributed by atoms with E-state index < -0.39 is 27.5 Å². The van der Waals surface area contributed by atoms with Gasteiger partial charge in [-0.15, -0.1) is 0 Å². The Morgan fingerprint density at radius 3 is 2.33 bits per heavy atom. The lowest BCUT2D eigenvalue weighted by Gasteiger charge is -2.11. The van der Waals surface area contributed by atoms with Gasteiger partial charge in [0.2, 0.25) is 5.91 Å². The van der Waals surface area contributed by atoms with Gasteiger partial charge in [0, 0.05) is 29.5 Å². The Bertz CT molecular complexity index is 972. The van der Waals surface area contributed by atoms with Crippen molar-refractivity contribution in [3.63, 3.8) is 0 Å². The van der Waals surface area contributed by atoms with E-state index >= 15 is 0 Å². The number of primary amides is 1. The van der Waals surface area contributed by atoms with Crippen molar-refractivity contribution in [1.82, 2.24) is 0 Å². The van der Waals surface area contributed by atoms with Gasteiger partial charge < -0.3 is 15.8 Å². The van der Waals surface area contributed by atoms with E-state index in [1.165, 1.54) is 44.4 Å². The van der Waals surface area contributed by atoms with Crippen LogP contribution in [-0.4, -0.2) is 39.7 Å². The van der Waals surface area contributed by atoms with Crippen molar-refractivity contribution in [2.45, 2.75) is 11.8 Å². The van der Waals surface area contributed by atoms with Gasteiger partial charge in [-0.2, -0.15) is 0 Å². The van der Waals surface area contributed by atoms with E-state index in [1.807, 2.05) is 0 Å². The number of nitrogens with two attached hydrogens (primary N) is 1. The first-order valence-electron chi connectivity index (χ1n) is 7.89. The van der Waals surface area contributed by atoms with E-state index in [-0.39, 0.29) is 39.6 Å². The van der Waals surface area contributed by atoms with Crippen LogP contribution < -0.4 is 11.1 Å². The molecule has 0 bridgehead atoms. The third kappa shape index (κ3) is 4.89. The molecule has 0 aliphatic rings. The van der Waals surface area contributed by atoms with Gasteiger partial charge in [0.15, 0.2) is 9.84 Å². The molecule has 0 saturated carbocycles. The van der Waals surface area contributed by atoms with E-state index in [1.54, 1.807) is 0 Å². The topological polar surface area (TPSA) is 116 Å². The maximum atomic E-state index is 13.9. The number of methoxy groups -OCH3 is 1. The van der Waals surface area contributed by atoms with Crippen LogP contribution in [0.1, 0.15) is 26.3 Å². The predicted octanol–water partition coefficient (Wildman–Crippen LogP) is 1.91. The fourth-order valence-corrected chi connectivity index (χ4v) is 3.44. The Balaban J connectivity index is 2.23. The van der Waals surface area contributed by atoms with Crippen LogP contribution in [0.4, 0.5) is 10.1 Å². The zero-order chi connectivity index (χ0) is 20.2. The maximum absolute atomic E-state index is 13.9. The van der Waals surface area contributed by atoms with Crippen molar-refractivity contribution in [2.75, 3.05) is 24.8 Å². The average molecular weight is 394 g/mol. The molecule has 2 rings (SSSR count). The first-order chi connectivity index (χ1) is 12.7. The number of benzene rings is 2. The minimum atomic E-state index is -3.51. The standard InChI is InChI=1S/C18H19FN2O5S/c1-11-15(19)9-13(17(20)22)10-16(11)21-18(23)12-3-5-14(6-4-12)27(24,25)8-7-26-2/h3-6,9-10H,7-8H2,1-2H3,(H2,20,22)(H,21,23). The molecule has 2 aromatic carbocycles. The highest BCUT2D eigenvalue weighted by atomic mass is 32.2. The molecular formula is C18H19FN2O5S. The van der Waals surface area contributed by atoms with Crippen LogP contribution in [0.25, 0.3) is 0 Å². The van der Waals surface area contributed by atoms with Gasteiger partial charge in [-0.05, 0) is 43.3 Å². The molecule has 0 spiro atoms. The Labute approximate surface area is 156 Å². The highest BCUT2D eigenvalue weighted by molar-refractivity contribution is 7.91. The molecule has 0 aliphatic carbocycles. The van der Waals surface area contributed by atoms with Crippen molar-refractivity contribution >= 4 is 27.3 Å². The van der Waals surface area contributed by atoms with Crippen molar-refractivity contribution in [1.29, 1.82) is 0 Å². The molecular weight excluding hydrogens is 375 g/mol. The smallest absolute Gasteiger partial charge is 0.255 e. The Morgan fingerprint density at radius 2 is 1.78 bits per heavy atom. The number of sulfone groups is 1. The molecule has 0 saturated heterocycles. The van der Waals surface area contributed by atoms with Gasteiger partial charge in [-0.25, -0.2) is 12.8 Å². The Kier molecular flexibility index (Phi) is 6.29. The number of anilines is 1. The summed E-state index contributed by atoms with van der Waals surface area (Å²) in [5, 5.41) is 2.50. The summed E-state index contributed by atoms with van der Waals surface area (Å²) in [5.74, 6) is -2.26. The fraction of sp³-hybridized carbons (Fsp3) is 0.222. The third-order valence-electron chi connectivity index (χ3n) is 3.91. The second kappa shape index (κ2) is 8.28. The van der Waals surface area contributed by atoms with Crippen molar-refractivity contribution < 1.29 is 27.1 Å². The van der Waals surface area contributed by atoms with Crippen LogP contribution >= 0.6 is 0 Å². The fourth-order valence-electron chi connectivity index (χ4n) is 2.27. The summed E-state index contributed by atoms with van der Waals surface area (Å²) in [6, 6.07) is 7.59. The number of rotatable bonds is 7. The van der Waals surface area contributed by atoms with Gasteiger partial charge in [-0.1, -0.05) is 0 Å². The maximum Gasteiger partial charge on any atom is 0.255 e. The van der Waals surface area contributed by atoms with Crippen molar-refractivity contribution in [3.05, 3.63) is 58.9 Å². The van der Waals surface area contributed by atoms with Gasteiger partial charge in [0.25, 0.3) is 5.91 Å². The second-order valence-electron chi connectivity index (χ2n) is 5.79. The normalized spacial score (nSPS) is 11.2. The lowest BCUT2D eigenvalue weighted by molar-refractivity contribution is 0.0995. The minimum Gasteiger partial charge on any atom is -0.384 e. The summed E-state index contributed by atoms with van der Waals surface area (Å²) in [4.78, 5) is 23.7. The van der Waals surface area contributed by atoms with Gasteiger partial charge in [-0.3, -0.25) is 9.59 Å². The number of nitrogens with one attached hydrogen (secondary N) is 1. The monoisotopic (exact) mass is 394 g/mol. The molecule has 0 unspecified atom stereocenters. The van der Waals surface area contributed by atoms with Gasteiger partial charge in [0.05, 0.1) is 17.3 Å². The Hall–Kier alpha value is -2.78. The molecule has 3 N–H and O–H groups in total. The summed E-state index contributed by atoms with van der Waals surface area (Å²) in [5.41, 5.74) is 5.49. The minimum absolute atomic E-state index is 0.0611. The molecule has 0 heterocycles. The molecule has 27 heavy (non-hydrogen) atoms. The van der Waals surface area contributed by atoms with Crippen LogP contribution in [-0.2, 0) is 14.6 Å². The highest BCUT2D eigenvalue weighted by Crippen LogP contribution is 2.22. The van der Waals surface area contributed by atoms with E-state index in [0.717, 1.165) is 6.07 Å². The molecule has 9 heteroatoms. The molecule has 0 atom stereocenters. The van der Waals surface area contributed by atoms with Crippen LogP contribution in [0.5, 0.6) is 0 Å². The number of hydrogen-bond donors (Lipinski definition) is 2. The molecule has 144 valence electrons. The van der Waals surface area contributed by atoms with E-state index in [9.17, 15) is 22.4 Å². The number of amides is 2. The first kappa shape index (κ1) is 20.5. The number of carbonyl (C=O) groups is 2. The SMILES string of the molecule is COCCS(=O)(=O)c1ccc(C(=O)Nc2cc(C(N)=O)cc(F)c2C)cc1. The molecule has 0 radical (unpaired) electrons. The predicted molar refractivity (Wildman–Crippen MR) is 98.0 cm³/mol.